The number of carbonyl (C=O) groups excluding carboxylic acids is 1. The minimum atomic E-state index is 0.0587. The molecule has 4 aromatic rings. The van der Waals surface area contributed by atoms with Crippen LogP contribution in [0.25, 0.3) is 22.9 Å². The summed E-state index contributed by atoms with van der Waals surface area (Å²) in [6, 6.07) is 27.5. The number of benzene rings is 3. The fraction of sp³-hybridized carbons (Fsp3) is 0.160. The summed E-state index contributed by atoms with van der Waals surface area (Å²) in [5.41, 5.74) is 3.54. The van der Waals surface area contributed by atoms with E-state index in [2.05, 4.69) is 22.3 Å². The molecule has 1 aliphatic heterocycles. The highest BCUT2D eigenvalue weighted by Gasteiger charge is 2.30. The molecule has 1 aromatic heterocycles. The lowest BCUT2D eigenvalue weighted by molar-refractivity contribution is 0.0735. The standard InChI is InChI=1S/C25H21N3O2/c29-25(28-17-7-12-22(28)18-8-3-1-4-9-18)21-15-13-20(14-16-21)24-27-26-23(30-24)19-10-5-2-6-11-19/h1-6,8-11,13-16,22H,7,12,17H2. The quantitative estimate of drug-likeness (QED) is 0.465. The van der Waals surface area contributed by atoms with E-state index in [1.54, 1.807) is 0 Å². The SMILES string of the molecule is O=C(c1ccc(-c2nnc(-c3ccccc3)o2)cc1)N1CCCC1c1ccccc1. The zero-order chi connectivity index (χ0) is 20.3. The molecule has 3 aromatic carbocycles. The number of hydrogen-bond acceptors (Lipinski definition) is 4. The zero-order valence-corrected chi connectivity index (χ0v) is 16.4. The predicted molar refractivity (Wildman–Crippen MR) is 115 cm³/mol. The average molecular weight is 395 g/mol. The van der Waals surface area contributed by atoms with Crippen LogP contribution >= 0.6 is 0 Å². The van der Waals surface area contributed by atoms with Gasteiger partial charge >= 0.3 is 0 Å². The molecule has 0 radical (unpaired) electrons. The maximum Gasteiger partial charge on any atom is 0.254 e. The number of carbonyl (C=O) groups is 1. The number of hydrogen-bond donors (Lipinski definition) is 0. The molecule has 148 valence electrons. The summed E-state index contributed by atoms with van der Waals surface area (Å²) in [6.07, 6.45) is 2.02. The Morgan fingerprint density at radius 2 is 1.40 bits per heavy atom. The van der Waals surface area contributed by atoms with Crippen molar-refractivity contribution in [2.24, 2.45) is 0 Å². The van der Waals surface area contributed by atoms with Gasteiger partial charge in [-0.1, -0.05) is 48.5 Å². The van der Waals surface area contributed by atoms with Crippen molar-refractivity contribution in [1.82, 2.24) is 15.1 Å². The van der Waals surface area contributed by atoms with E-state index in [1.165, 1.54) is 5.56 Å². The third-order valence-corrected chi connectivity index (χ3v) is 5.52. The molecule has 5 rings (SSSR count). The van der Waals surface area contributed by atoms with Crippen LogP contribution in [0.3, 0.4) is 0 Å². The lowest BCUT2D eigenvalue weighted by atomic mass is 10.0. The highest BCUT2D eigenvalue weighted by Crippen LogP contribution is 2.33. The van der Waals surface area contributed by atoms with Gasteiger partial charge in [0.25, 0.3) is 5.91 Å². The van der Waals surface area contributed by atoms with Crippen LogP contribution in [0.4, 0.5) is 0 Å². The normalized spacial score (nSPS) is 16.0. The second-order valence-electron chi connectivity index (χ2n) is 7.42. The van der Waals surface area contributed by atoms with Gasteiger partial charge in [-0.2, -0.15) is 0 Å². The Bertz CT molecular complexity index is 1140. The molecule has 0 spiro atoms. The van der Waals surface area contributed by atoms with Crippen LogP contribution in [0.1, 0.15) is 34.8 Å². The van der Waals surface area contributed by atoms with Gasteiger partial charge in [-0.15, -0.1) is 10.2 Å². The van der Waals surface area contributed by atoms with E-state index in [0.29, 0.717) is 17.3 Å². The second-order valence-corrected chi connectivity index (χ2v) is 7.42. The average Bonchev–Trinajstić information content (AvgIpc) is 3.50. The van der Waals surface area contributed by atoms with Crippen LogP contribution in [0.2, 0.25) is 0 Å². The van der Waals surface area contributed by atoms with Crippen molar-refractivity contribution in [1.29, 1.82) is 0 Å². The number of nitrogens with zero attached hydrogens (tertiary/aromatic N) is 3. The van der Waals surface area contributed by atoms with E-state index < -0.39 is 0 Å². The van der Waals surface area contributed by atoms with Crippen LogP contribution in [0.15, 0.2) is 89.3 Å². The summed E-state index contributed by atoms with van der Waals surface area (Å²) in [7, 11) is 0. The van der Waals surface area contributed by atoms with Gasteiger partial charge in [0, 0.05) is 23.2 Å². The Hall–Kier alpha value is -3.73. The fourth-order valence-electron chi connectivity index (χ4n) is 3.99. The molecule has 0 N–H and O–H groups in total. The highest BCUT2D eigenvalue weighted by atomic mass is 16.4. The third kappa shape index (κ3) is 3.50. The second kappa shape index (κ2) is 7.95. The number of aromatic nitrogens is 2. The molecule has 2 heterocycles. The van der Waals surface area contributed by atoms with Gasteiger partial charge in [0.05, 0.1) is 6.04 Å². The lowest BCUT2D eigenvalue weighted by Gasteiger charge is -2.25. The van der Waals surface area contributed by atoms with Crippen molar-refractivity contribution in [2.45, 2.75) is 18.9 Å². The Kier molecular flexibility index (Phi) is 4.85. The van der Waals surface area contributed by atoms with Crippen LogP contribution in [-0.2, 0) is 0 Å². The number of rotatable bonds is 4. The van der Waals surface area contributed by atoms with Crippen molar-refractivity contribution in [3.8, 4) is 22.9 Å². The molecular weight excluding hydrogens is 374 g/mol. The maximum atomic E-state index is 13.1. The van der Waals surface area contributed by atoms with Crippen LogP contribution in [-0.4, -0.2) is 27.5 Å². The molecule has 1 saturated heterocycles. The predicted octanol–water partition coefficient (Wildman–Crippen LogP) is 5.38. The van der Waals surface area contributed by atoms with E-state index >= 15 is 0 Å². The minimum absolute atomic E-state index is 0.0587. The first kappa shape index (κ1) is 18.3. The first-order valence-corrected chi connectivity index (χ1v) is 10.1. The molecule has 1 fully saturated rings. The third-order valence-electron chi connectivity index (χ3n) is 5.52. The van der Waals surface area contributed by atoms with Gasteiger partial charge in [-0.25, -0.2) is 0 Å². The van der Waals surface area contributed by atoms with Crippen LogP contribution < -0.4 is 0 Å². The van der Waals surface area contributed by atoms with Gasteiger partial charge in [0.2, 0.25) is 11.8 Å². The molecule has 5 nitrogen and oxygen atoms in total. The largest absolute Gasteiger partial charge is 0.416 e. The number of likely N-dealkylation sites (tertiary alicyclic amines) is 1. The summed E-state index contributed by atoms with van der Waals surface area (Å²) in [6.45, 7) is 0.782. The number of amides is 1. The molecule has 0 bridgehead atoms. The van der Waals surface area contributed by atoms with E-state index in [9.17, 15) is 4.79 Å². The van der Waals surface area contributed by atoms with Gasteiger partial charge in [-0.3, -0.25) is 4.79 Å². The van der Waals surface area contributed by atoms with Gasteiger partial charge in [0.15, 0.2) is 0 Å². The first-order chi connectivity index (χ1) is 14.8. The summed E-state index contributed by atoms with van der Waals surface area (Å²) in [5, 5.41) is 8.29. The lowest BCUT2D eigenvalue weighted by Crippen LogP contribution is -2.30. The van der Waals surface area contributed by atoms with E-state index in [-0.39, 0.29) is 11.9 Å². The summed E-state index contributed by atoms with van der Waals surface area (Å²) in [4.78, 5) is 15.1. The molecule has 1 unspecified atom stereocenters. The smallest absolute Gasteiger partial charge is 0.254 e. The van der Waals surface area contributed by atoms with Crippen LogP contribution in [0.5, 0.6) is 0 Å². The Morgan fingerprint density at radius 1 is 0.800 bits per heavy atom. The van der Waals surface area contributed by atoms with E-state index in [0.717, 1.165) is 30.5 Å². The van der Waals surface area contributed by atoms with Gasteiger partial charge < -0.3 is 9.32 Å². The molecule has 1 amide bonds. The Morgan fingerprint density at radius 3 is 2.07 bits per heavy atom. The molecule has 30 heavy (non-hydrogen) atoms. The molecular formula is C25H21N3O2. The molecule has 1 aliphatic rings. The van der Waals surface area contributed by atoms with Crippen molar-refractivity contribution in [3.63, 3.8) is 0 Å². The summed E-state index contributed by atoms with van der Waals surface area (Å²) < 4.78 is 5.81. The first-order valence-electron chi connectivity index (χ1n) is 10.1. The monoisotopic (exact) mass is 395 g/mol. The van der Waals surface area contributed by atoms with Crippen molar-refractivity contribution in [3.05, 3.63) is 96.1 Å². The van der Waals surface area contributed by atoms with Crippen LogP contribution in [0, 0.1) is 0 Å². The van der Waals surface area contributed by atoms with Crippen molar-refractivity contribution < 1.29 is 9.21 Å². The van der Waals surface area contributed by atoms with Crippen molar-refractivity contribution in [2.75, 3.05) is 6.54 Å². The minimum Gasteiger partial charge on any atom is -0.416 e. The Balaban J connectivity index is 1.35. The van der Waals surface area contributed by atoms with Crippen molar-refractivity contribution >= 4 is 5.91 Å². The highest BCUT2D eigenvalue weighted by molar-refractivity contribution is 5.95. The summed E-state index contributed by atoms with van der Waals surface area (Å²) >= 11 is 0. The van der Waals surface area contributed by atoms with Gasteiger partial charge in [-0.05, 0) is 54.8 Å². The fourth-order valence-corrected chi connectivity index (χ4v) is 3.99. The topological polar surface area (TPSA) is 59.2 Å². The molecule has 0 aliphatic carbocycles. The zero-order valence-electron chi connectivity index (χ0n) is 16.4. The maximum absolute atomic E-state index is 13.1. The van der Waals surface area contributed by atoms with Gasteiger partial charge in [0.1, 0.15) is 0 Å². The summed E-state index contributed by atoms with van der Waals surface area (Å²) in [5.74, 6) is 0.980. The molecule has 1 atom stereocenters. The van der Waals surface area contributed by atoms with E-state index in [1.807, 2.05) is 77.7 Å². The Labute approximate surface area is 175 Å². The molecule has 0 saturated carbocycles. The molecule has 5 heteroatoms. The van der Waals surface area contributed by atoms with E-state index in [4.69, 9.17) is 4.42 Å².